The summed E-state index contributed by atoms with van der Waals surface area (Å²) in [4.78, 5) is 13.8. The second-order valence-electron chi connectivity index (χ2n) is 8.97. The lowest BCUT2D eigenvalue weighted by atomic mass is 10.0. The van der Waals surface area contributed by atoms with Crippen molar-refractivity contribution in [2.75, 3.05) is 27.3 Å². The first kappa shape index (κ1) is 26.6. The number of quaternary nitrogens is 1. The Hall–Kier alpha value is -3.02. The minimum Gasteiger partial charge on any atom is -1.00 e. The monoisotopic (exact) mass is 495 g/mol. The summed E-state index contributed by atoms with van der Waals surface area (Å²) in [5, 5.41) is 0. The van der Waals surface area contributed by atoms with Gasteiger partial charge in [0.05, 0.1) is 32.4 Å². The van der Waals surface area contributed by atoms with Gasteiger partial charge >= 0.3 is 5.97 Å². The van der Waals surface area contributed by atoms with E-state index in [0.717, 1.165) is 43.7 Å². The summed E-state index contributed by atoms with van der Waals surface area (Å²) in [7, 11) is 3.87. The lowest BCUT2D eigenvalue weighted by molar-refractivity contribution is -0.893. The molecule has 1 unspecified atom stereocenters. The highest BCUT2D eigenvalue weighted by Crippen LogP contribution is 2.22. The van der Waals surface area contributed by atoms with E-state index < -0.39 is 0 Å². The Balaban J connectivity index is 0.00000342. The maximum Gasteiger partial charge on any atom is 0.338 e. The fourth-order valence-electron chi connectivity index (χ4n) is 4.64. The van der Waals surface area contributed by atoms with Crippen LogP contribution < -0.4 is 26.8 Å². The van der Waals surface area contributed by atoms with E-state index in [1.807, 2.05) is 36.4 Å². The number of rotatable bonds is 10. The molecule has 1 saturated heterocycles. The molecule has 35 heavy (non-hydrogen) atoms. The molecule has 1 heterocycles. The van der Waals surface area contributed by atoms with Crippen LogP contribution in [0.3, 0.4) is 0 Å². The highest BCUT2D eigenvalue weighted by molar-refractivity contribution is 5.89. The number of para-hydroxylation sites is 1. The summed E-state index contributed by atoms with van der Waals surface area (Å²) >= 11 is 0. The number of carbonyl (C=O) groups is 1. The Morgan fingerprint density at radius 3 is 2.54 bits per heavy atom. The molecule has 1 aliphatic rings. The molecule has 0 amide bonds. The lowest BCUT2D eigenvalue weighted by Gasteiger charge is -2.17. The second-order valence-corrected chi connectivity index (χ2v) is 8.97. The van der Waals surface area contributed by atoms with Crippen molar-refractivity contribution in [2.45, 2.75) is 37.8 Å². The molecule has 1 N–H and O–H groups in total. The summed E-state index contributed by atoms with van der Waals surface area (Å²) in [6, 6.07) is 26.1. The number of methoxy groups -OCH3 is 1. The van der Waals surface area contributed by atoms with E-state index in [0.29, 0.717) is 18.2 Å². The van der Waals surface area contributed by atoms with Crippen LogP contribution in [0.4, 0.5) is 0 Å². The molecular formula is C29H34ClNO4. The Bertz CT molecular complexity index is 1080. The predicted octanol–water partition coefficient (Wildman–Crippen LogP) is 0.766. The molecule has 0 spiro atoms. The molecule has 3 aromatic rings. The quantitative estimate of drug-likeness (QED) is 0.422. The number of nitrogens with one attached hydrogen (secondary N) is 1. The molecule has 0 aliphatic carbocycles. The van der Waals surface area contributed by atoms with Crippen LogP contribution in [0, 0.1) is 0 Å². The Kier molecular flexibility index (Phi) is 10.0. The van der Waals surface area contributed by atoms with Crippen molar-refractivity contribution < 1.29 is 36.3 Å². The third kappa shape index (κ3) is 7.48. The van der Waals surface area contributed by atoms with Crippen molar-refractivity contribution in [3.8, 4) is 11.5 Å². The van der Waals surface area contributed by atoms with E-state index in [1.165, 1.54) is 16.0 Å². The highest BCUT2D eigenvalue weighted by Gasteiger charge is 2.35. The van der Waals surface area contributed by atoms with Crippen LogP contribution in [0.15, 0.2) is 78.9 Å². The van der Waals surface area contributed by atoms with E-state index in [1.54, 1.807) is 19.2 Å². The van der Waals surface area contributed by atoms with Gasteiger partial charge < -0.3 is 31.5 Å². The number of esters is 1. The van der Waals surface area contributed by atoms with Gasteiger partial charge in [0.1, 0.15) is 18.0 Å². The van der Waals surface area contributed by atoms with Crippen molar-refractivity contribution >= 4 is 5.97 Å². The Labute approximate surface area is 214 Å². The minimum atomic E-state index is -0.236. The molecule has 0 bridgehead atoms. The van der Waals surface area contributed by atoms with Gasteiger partial charge in [-0.25, -0.2) is 4.79 Å². The summed E-state index contributed by atoms with van der Waals surface area (Å²) in [6.45, 7) is 1.48. The van der Waals surface area contributed by atoms with Crippen LogP contribution in [0.25, 0.3) is 0 Å². The third-order valence-electron chi connectivity index (χ3n) is 6.59. The number of likely N-dealkylation sites (N-methyl/N-ethyl adjacent to an activating group) is 1. The van der Waals surface area contributed by atoms with Gasteiger partial charge in [0, 0.05) is 12.8 Å². The molecule has 3 aromatic carbocycles. The molecule has 4 rings (SSSR count). The van der Waals surface area contributed by atoms with E-state index in [9.17, 15) is 4.79 Å². The van der Waals surface area contributed by atoms with E-state index in [-0.39, 0.29) is 24.5 Å². The normalized spacial score (nSPS) is 19.0. The standard InChI is InChI=1S/C29H33NO4.ClH/c1-30-21-27(34-29(31)24-11-4-3-5-12-24)20-25(30)17-18-33-28-14-7-6-10-23(28)16-15-22-9-8-13-26(19-22)32-2;/h3-14,19,25,27H,15-18,20-21H2,1-2H3;1H/t25-,27-;/m1./s1. The van der Waals surface area contributed by atoms with Crippen molar-refractivity contribution in [3.05, 3.63) is 95.6 Å². The molecule has 6 heteroatoms. The first-order valence-electron chi connectivity index (χ1n) is 12.0. The maximum absolute atomic E-state index is 12.4. The van der Waals surface area contributed by atoms with Gasteiger partial charge in [-0.2, -0.15) is 0 Å². The molecule has 1 aliphatic heterocycles. The predicted molar refractivity (Wildman–Crippen MR) is 133 cm³/mol. The van der Waals surface area contributed by atoms with Crippen LogP contribution in [-0.4, -0.2) is 45.4 Å². The first-order chi connectivity index (χ1) is 16.6. The van der Waals surface area contributed by atoms with Crippen molar-refractivity contribution in [3.63, 3.8) is 0 Å². The van der Waals surface area contributed by atoms with Gasteiger partial charge in [-0.1, -0.05) is 48.5 Å². The Morgan fingerprint density at radius 2 is 1.74 bits per heavy atom. The van der Waals surface area contributed by atoms with Crippen molar-refractivity contribution in [1.82, 2.24) is 0 Å². The second kappa shape index (κ2) is 13.2. The topological polar surface area (TPSA) is 49.2 Å². The summed E-state index contributed by atoms with van der Waals surface area (Å²) in [5.41, 5.74) is 3.08. The first-order valence-corrected chi connectivity index (χ1v) is 12.0. The van der Waals surface area contributed by atoms with Crippen LogP contribution in [0.1, 0.15) is 34.3 Å². The molecule has 0 radical (unpaired) electrons. The smallest absolute Gasteiger partial charge is 0.338 e. The third-order valence-corrected chi connectivity index (χ3v) is 6.59. The van der Waals surface area contributed by atoms with Gasteiger partial charge in [-0.05, 0) is 54.3 Å². The van der Waals surface area contributed by atoms with E-state index >= 15 is 0 Å². The Morgan fingerprint density at radius 1 is 0.971 bits per heavy atom. The molecular weight excluding hydrogens is 462 g/mol. The number of carbonyl (C=O) groups excluding carboxylic acids is 1. The number of hydrogen-bond donors (Lipinski definition) is 1. The summed E-state index contributed by atoms with van der Waals surface area (Å²) in [5.74, 6) is 1.60. The van der Waals surface area contributed by atoms with Crippen LogP contribution in [0.2, 0.25) is 0 Å². The number of benzene rings is 3. The number of halogens is 1. The van der Waals surface area contributed by atoms with Crippen LogP contribution in [0.5, 0.6) is 11.5 Å². The highest BCUT2D eigenvalue weighted by atomic mass is 35.5. The summed E-state index contributed by atoms with van der Waals surface area (Å²) in [6.07, 6.45) is 3.59. The lowest BCUT2D eigenvalue weighted by Crippen LogP contribution is -3.11. The minimum absolute atomic E-state index is 0. The van der Waals surface area contributed by atoms with Gasteiger partial charge in [0.15, 0.2) is 6.10 Å². The summed E-state index contributed by atoms with van der Waals surface area (Å²) < 4.78 is 17.3. The van der Waals surface area contributed by atoms with Crippen LogP contribution in [-0.2, 0) is 17.6 Å². The van der Waals surface area contributed by atoms with Crippen LogP contribution >= 0.6 is 0 Å². The molecule has 5 nitrogen and oxygen atoms in total. The average molecular weight is 496 g/mol. The average Bonchev–Trinajstić information content (AvgIpc) is 3.22. The fourth-order valence-corrected chi connectivity index (χ4v) is 4.64. The van der Waals surface area contributed by atoms with E-state index in [2.05, 4.69) is 37.4 Å². The zero-order valence-electron chi connectivity index (χ0n) is 20.4. The van der Waals surface area contributed by atoms with Gasteiger partial charge in [0.2, 0.25) is 0 Å². The molecule has 1 fully saturated rings. The number of hydrogen-bond acceptors (Lipinski definition) is 4. The number of ether oxygens (including phenoxy) is 3. The maximum atomic E-state index is 12.4. The van der Waals surface area contributed by atoms with Gasteiger partial charge in [0.25, 0.3) is 0 Å². The zero-order chi connectivity index (χ0) is 23.8. The van der Waals surface area contributed by atoms with Crippen molar-refractivity contribution in [2.24, 2.45) is 0 Å². The number of likely N-dealkylation sites (tertiary alicyclic amines) is 1. The largest absolute Gasteiger partial charge is 1.00 e. The molecule has 0 saturated carbocycles. The van der Waals surface area contributed by atoms with Gasteiger partial charge in [-0.15, -0.1) is 0 Å². The number of aryl methyl sites for hydroxylation is 2. The van der Waals surface area contributed by atoms with E-state index in [4.69, 9.17) is 14.2 Å². The fraction of sp³-hybridized carbons (Fsp3) is 0.345. The van der Waals surface area contributed by atoms with Gasteiger partial charge in [-0.3, -0.25) is 0 Å². The SMILES string of the molecule is COc1cccc(CCc2ccccc2OCC[C@@H]2C[C@@H](OC(=O)c3ccccc3)C[NH+]2C)c1.[Cl-]. The van der Waals surface area contributed by atoms with Crippen molar-refractivity contribution in [1.29, 1.82) is 0 Å². The zero-order valence-corrected chi connectivity index (χ0v) is 21.2. The molecule has 3 atom stereocenters. The molecule has 186 valence electrons. The molecule has 0 aromatic heterocycles.